The highest BCUT2D eigenvalue weighted by molar-refractivity contribution is 5.89. The molecule has 0 amide bonds. The molecule has 0 saturated heterocycles. The highest BCUT2D eigenvalue weighted by Gasteiger charge is 2.12. The molecule has 0 heterocycles. The van der Waals surface area contributed by atoms with Gasteiger partial charge in [0.05, 0.1) is 13.7 Å². The number of benzene rings is 1. The van der Waals surface area contributed by atoms with Gasteiger partial charge in [-0.15, -0.1) is 10.1 Å². The molecule has 0 radical (unpaired) electrons. The highest BCUT2D eigenvalue weighted by Crippen LogP contribution is 2.29. The van der Waals surface area contributed by atoms with E-state index in [-0.39, 0.29) is 30.9 Å². The molecule has 1 aromatic carbocycles. The number of hydrogen-bond acceptors (Lipinski definition) is 8. The monoisotopic (exact) mass is 341 g/mol. The molecule has 10 nitrogen and oxygen atoms in total. The first-order valence-electron chi connectivity index (χ1n) is 6.63. The van der Waals surface area contributed by atoms with Crippen LogP contribution in [0.4, 0.5) is 0 Å². The lowest BCUT2D eigenvalue weighted by atomic mass is 10.1. The van der Waals surface area contributed by atoms with E-state index in [1.165, 1.54) is 25.3 Å². The molecule has 130 valence electrons. The number of aliphatic hydroxyl groups excluding tert-OH is 1. The van der Waals surface area contributed by atoms with Gasteiger partial charge in [0, 0.05) is 6.42 Å². The van der Waals surface area contributed by atoms with Crippen molar-refractivity contribution < 1.29 is 39.2 Å². The molecule has 24 heavy (non-hydrogen) atoms. The third-order valence-corrected chi connectivity index (χ3v) is 2.66. The van der Waals surface area contributed by atoms with Crippen LogP contribution >= 0.6 is 0 Å². The van der Waals surface area contributed by atoms with Gasteiger partial charge in [-0.05, 0) is 30.2 Å². The largest absolute Gasteiger partial charge is 0.502 e. The summed E-state index contributed by atoms with van der Waals surface area (Å²) in [4.78, 5) is 36.2. The van der Waals surface area contributed by atoms with E-state index in [1.54, 1.807) is 0 Å². The Balaban J connectivity index is 2.71. The van der Waals surface area contributed by atoms with Gasteiger partial charge in [0.15, 0.2) is 11.5 Å². The molecular formula is C14H15NO9. The van der Waals surface area contributed by atoms with Gasteiger partial charge < -0.3 is 24.5 Å². The van der Waals surface area contributed by atoms with Crippen LogP contribution in [-0.2, 0) is 14.4 Å². The topological polar surface area (TPSA) is 145 Å². The quantitative estimate of drug-likeness (QED) is 0.130. The fraction of sp³-hybridized carbons (Fsp3) is 0.286. The number of ether oxygens (including phenoxy) is 2. The van der Waals surface area contributed by atoms with E-state index in [0.29, 0.717) is 5.56 Å². The van der Waals surface area contributed by atoms with Crippen LogP contribution in [-0.4, -0.2) is 41.0 Å². The van der Waals surface area contributed by atoms with Crippen LogP contribution in [0, 0.1) is 10.1 Å². The molecule has 0 aliphatic rings. The van der Waals surface area contributed by atoms with E-state index in [0.717, 1.165) is 6.08 Å². The maximum atomic E-state index is 11.6. The number of aliphatic carboxylic acids is 1. The summed E-state index contributed by atoms with van der Waals surface area (Å²) < 4.78 is 10.1. The summed E-state index contributed by atoms with van der Waals surface area (Å²) in [6.45, 7) is -0.225. The van der Waals surface area contributed by atoms with Crippen molar-refractivity contribution in [2.45, 2.75) is 12.8 Å². The van der Waals surface area contributed by atoms with E-state index >= 15 is 0 Å². The third-order valence-electron chi connectivity index (χ3n) is 2.66. The number of carbonyl (C=O) groups excluding carboxylic acids is 1. The minimum Gasteiger partial charge on any atom is -0.502 e. The lowest BCUT2D eigenvalue weighted by Crippen LogP contribution is -2.11. The molecule has 0 fully saturated rings. The third kappa shape index (κ3) is 6.22. The minimum atomic E-state index is -1.48. The van der Waals surface area contributed by atoms with Crippen LogP contribution in [0.25, 0.3) is 6.08 Å². The minimum absolute atomic E-state index is 0.0876. The Hall–Kier alpha value is -3.30. The molecule has 0 aromatic heterocycles. The Morgan fingerprint density at radius 3 is 2.58 bits per heavy atom. The molecule has 0 saturated carbocycles. The second-order valence-corrected chi connectivity index (χ2v) is 4.38. The number of nitrogens with zero attached hydrogens (tertiary/aromatic N) is 1. The van der Waals surface area contributed by atoms with Crippen LogP contribution in [0.5, 0.6) is 11.5 Å². The van der Waals surface area contributed by atoms with Crippen molar-refractivity contribution in [3.63, 3.8) is 0 Å². The van der Waals surface area contributed by atoms with Gasteiger partial charge in [-0.3, -0.25) is 4.79 Å². The van der Waals surface area contributed by atoms with Gasteiger partial charge in [-0.2, -0.15) is 0 Å². The average molecular weight is 341 g/mol. The predicted octanol–water partition coefficient (Wildman–Crippen LogP) is 1.57. The average Bonchev–Trinajstić information content (AvgIpc) is 2.52. The van der Waals surface area contributed by atoms with Gasteiger partial charge in [-0.1, -0.05) is 6.07 Å². The summed E-state index contributed by atoms with van der Waals surface area (Å²) in [5.74, 6) is -2.74. The molecular weight excluding hydrogens is 326 g/mol. The Morgan fingerprint density at radius 1 is 1.29 bits per heavy atom. The van der Waals surface area contributed by atoms with Crippen LogP contribution in [0.15, 0.2) is 24.0 Å². The molecule has 0 bridgehead atoms. The maximum absolute atomic E-state index is 11.6. The van der Waals surface area contributed by atoms with E-state index in [1.807, 2.05) is 0 Å². The van der Waals surface area contributed by atoms with E-state index in [2.05, 4.69) is 4.84 Å². The Bertz CT molecular complexity index is 654. The Morgan fingerprint density at radius 2 is 2.00 bits per heavy atom. The van der Waals surface area contributed by atoms with Gasteiger partial charge in [0.2, 0.25) is 5.76 Å². The zero-order valence-electron chi connectivity index (χ0n) is 12.6. The normalized spacial score (nSPS) is 10.8. The van der Waals surface area contributed by atoms with Crippen molar-refractivity contribution in [3.8, 4) is 11.5 Å². The van der Waals surface area contributed by atoms with E-state index in [4.69, 9.17) is 14.6 Å². The molecule has 1 aromatic rings. The molecule has 0 aliphatic heterocycles. The van der Waals surface area contributed by atoms with Crippen molar-refractivity contribution in [3.05, 3.63) is 39.6 Å². The summed E-state index contributed by atoms with van der Waals surface area (Å²) in [7, 11) is 1.32. The fourth-order valence-corrected chi connectivity index (χ4v) is 1.61. The number of aliphatic hydroxyl groups is 1. The predicted molar refractivity (Wildman–Crippen MR) is 79.1 cm³/mol. The maximum Gasteiger partial charge on any atom is 0.370 e. The lowest BCUT2D eigenvalue weighted by molar-refractivity contribution is -0.757. The highest BCUT2D eigenvalue weighted by atomic mass is 16.9. The summed E-state index contributed by atoms with van der Waals surface area (Å²) in [5, 5.41) is 26.8. The van der Waals surface area contributed by atoms with Gasteiger partial charge in [0.1, 0.15) is 0 Å². The van der Waals surface area contributed by atoms with Crippen molar-refractivity contribution in [2.75, 3.05) is 13.7 Å². The number of hydrogen-bond donors (Lipinski definition) is 2. The summed E-state index contributed by atoms with van der Waals surface area (Å²) in [5.41, 5.74) is 0.325. The molecule has 1 rings (SSSR count). The second-order valence-electron chi connectivity index (χ2n) is 4.38. The molecule has 0 aliphatic carbocycles. The molecule has 0 unspecified atom stereocenters. The number of carbonyl (C=O) groups is 2. The van der Waals surface area contributed by atoms with Crippen molar-refractivity contribution in [1.29, 1.82) is 0 Å². The van der Waals surface area contributed by atoms with Crippen molar-refractivity contribution >= 4 is 18.0 Å². The van der Waals surface area contributed by atoms with Crippen LogP contribution < -0.4 is 9.47 Å². The van der Waals surface area contributed by atoms with Gasteiger partial charge >= 0.3 is 11.9 Å². The first-order chi connectivity index (χ1) is 11.3. The van der Waals surface area contributed by atoms with Crippen LogP contribution in [0.1, 0.15) is 18.4 Å². The number of methoxy groups -OCH3 is 1. The summed E-state index contributed by atoms with van der Waals surface area (Å²) in [6, 6.07) is 4.16. The molecule has 10 heteroatoms. The molecule has 0 spiro atoms. The van der Waals surface area contributed by atoms with E-state index in [9.17, 15) is 24.8 Å². The number of carboxylic acid groups (broad SMARTS) is 1. The number of carboxylic acids is 1. The van der Waals surface area contributed by atoms with Crippen molar-refractivity contribution in [2.24, 2.45) is 0 Å². The first kappa shape index (κ1) is 18.7. The number of rotatable bonds is 9. The zero-order chi connectivity index (χ0) is 18.1. The second kappa shape index (κ2) is 8.98. The molecule has 2 N–H and O–H groups in total. The SMILES string of the molecule is COc1cc(/C=C(/O)C(=O)O)ccc1OC(=O)CCCO[N+](=O)[O-]. The summed E-state index contributed by atoms with van der Waals surface area (Å²) in [6.07, 6.45) is 1.01. The standard InChI is InChI=1S/C14H15NO9/c1-22-12-8-9(7-10(16)14(18)19)4-5-11(12)24-13(17)3-2-6-23-15(20)21/h4-5,7-8,16H,2-3,6H2,1H3,(H,18,19)/b10-7+. The first-order valence-corrected chi connectivity index (χ1v) is 6.63. The van der Waals surface area contributed by atoms with Crippen molar-refractivity contribution in [1.82, 2.24) is 0 Å². The van der Waals surface area contributed by atoms with Crippen LogP contribution in [0.3, 0.4) is 0 Å². The lowest BCUT2D eigenvalue weighted by Gasteiger charge is -2.10. The smallest absolute Gasteiger partial charge is 0.370 e. The Labute approximate surface area is 136 Å². The Kier molecular flexibility index (Phi) is 7.01. The molecule has 0 atom stereocenters. The summed E-state index contributed by atoms with van der Waals surface area (Å²) >= 11 is 0. The van der Waals surface area contributed by atoms with Gasteiger partial charge in [0.25, 0.3) is 5.09 Å². The zero-order valence-corrected chi connectivity index (χ0v) is 12.6. The fourth-order valence-electron chi connectivity index (χ4n) is 1.61. The number of esters is 1. The van der Waals surface area contributed by atoms with Gasteiger partial charge in [-0.25, -0.2) is 4.79 Å². The van der Waals surface area contributed by atoms with Crippen LogP contribution in [0.2, 0.25) is 0 Å². The van der Waals surface area contributed by atoms with E-state index < -0.39 is 22.8 Å².